The lowest BCUT2D eigenvalue weighted by Crippen LogP contribution is -2.37. The molecule has 136 valence electrons. The van der Waals surface area contributed by atoms with E-state index in [1.54, 1.807) is 41.4 Å². The van der Waals surface area contributed by atoms with Crippen LogP contribution in [0.5, 0.6) is 5.75 Å². The molecule has 1 aromatic carbocycles. The number of pyridine rings is 1. The maximum atomic E-state index is 13.2. The van der Waals surface area contributed by atoms with Crippen molar-refractivity contribution in [3.8, 4) is 5.75 Å². The van der Waals surface area contributed by atoms with Gasteiger partial charge in [0.05, 0.1) is 23.6 Å². The summed E-state index contributed by atoms with van der Waals surface area (Å²) in [5, 5.41) is 3.97. The van der Waals surface area contributed by atoms with Gasteiger partial charge >= 0.3 is 0 Å². The van der Waals surface area contributed by atoms with Crippen LogP contribution in [-0.2, 0) is 11.3 Å². The van der Waals surface area contributed by atoms with Crippen LogP contribution in [0.1, 0.15) is 22.7 Å². The van der Waals surface area contributed by atoms with Gasteiger partial charge in [0.15, 0.2) is 11.5 Å². The van der Waals surface area contributed by atoms with Gasteiger partial charge in [0.25, 0.3) is 5.91 Å². The van der Waals surface area contributed by atoms with Crippen LogP contribution in [-0.4, -0.2) is 16.0 Å². The summed E-state index contributed by atoms with van der Waals surface area (Å²) in [4.78, 5) is 19.0. The van der Waals surface area contributed by atoms with Crippen LogP contribution in [0.15, 0.2) is 52.9 Å². The van der Waals surface area contributed by atoms with Crippen LogP contribution < -0.4 is 15.4 Å². The van der Waals surface area contributed by atoms with Crippen molar-refractivity contribution in [3.05, 3.63) is 71.1 Å². The second-order valence-corrected chi connectivity index (χ2v) is 6.29. The van der Waals surface area contributed by atoms with Gasteiger partial charge in [-0.05, 0) is 44.2 Å². The van der Waals surface area contributed by atoms with Crippen LogP contribution >= 0.6 is 0 Å². The van der Waals surface area contributed by atoms with E-state index in [1.807, 2.05) is 26.0 Å². The number of hydrogen-bond donors (Lipinski definition) is 1. The average molecular weight is 362 g/mol. The van der Waals surface area contributed by atoms with Crippen molar-refractivity contribution >= 4 is 23.4 Å². The van der Waals surface area contributed by atoms with E-state index < -0.39 is 0 Å². The summed E-state index contributed by atoms with van der Waals surface area (Å²) in [5.41, 5.74) is 9.33. The Hall–Kier alpha value is -3.61. The normalized spacial score (nSPS) is 15.0. The first-order valence-electron chi connectivity index (χ1n) is 8.46. The van der Waals surface area contributed by atoms with Gasteiger partial charge in [0, 0.05) is 23.5 Å². The number of aryl methyl sites for hydroxylation is 2. The highest BCUT2D eigenvalue weighted by atomic mass is 16.5. The molecule has 3 aromatic rings. The molecule has 7 heteroatoms. The topological polar surface area (TPSA) is 94.5 Å². The van der Waals surface area contributed by atoms with E-state index in [1.165, 1.54) is 0 Å². The molecule has 1 aliphatic heterocycles. The molecule has 0 bridgehead atoms. The highest BCUT2D eigenvalue weighted by Gasteiger charge is 2.32. The zero-order valence-corrected chi connectivity index (χ0v) is 15.0. The fourth-order valence-electron chi connectivity index (χ4n) is 2.97. The van der Waals surface area contributed by atoms with Crippen LogP contribution in [0.25, 0.3) is 6.08 Å². The molecule has 0 saturated carbocycles. The van der Waals surface area contributed by atoms with Crippen molar-refractivity contribution in [2.24, 2.45) is 0 Å². The maximum absolute atomic E-state index is 13.2. The van der Waals surface area contributed by atoms with Gasteiger partial charge in [-0.15, -0.1) is 0 Å². The lowest BCUT2D eigenvalue weighted by atomic mass is 10.1. The van der Waals surface area contributed by atoms with Crippen molar-refractivity contribution in [2.45, 2.75) is 20.4 Å². The number of amides is 1. The van der Waals surface area contributed by atoms with E-state index in [0.717, 1.165) is 11.3 Å². The van der Waals surface area contributed by atoms with E-state index in [9.17, 15) is 4.79 Å². The first-order valence-corrected chi connectivity index (χ1v) is 8.46. The van der Waals surface area contributed by atoms with Crippen LogP contribution in [0.3, 0.4) is 0 Å². The van der Waals surface area contributed by atoms with E-state index in [2.05, 4.69) is 10.1 Å². The molecule has 2 aromatic heterocycles. The minimum atomic E-state index is -0.279. The molecule has 0 aliphatic carbocycles. The number of hydrogen-bond acceptors (Lipinski definition) is 6. The van der Waals surface area contributed by atoms with Crippen molar-refractivity contribution < 1.29 is 14.1 Å². The summed E-state index contributed by atoms with van der Waals surface area (Å²) >= 11 is 0. The Kier molecular flexibility index (Phi) is 4.12. The Bertz CT molecular complexity index is 1020. The lowest BCUT2D eigenvalue weighted by molar-refractivity contribution is -0.117. The number of benzene rings is 1. The Balaban J connectivity index is 1.79. The molecule has 4 rings (SSSR count). The smallest absolute Gasteiger partial charge is 0.294 e. The Labute approximate surface area is 156 Å². The fourth-order valence-corrected chi connectivity index (χ4v) is 2.97. The molecule has 0 atom stereocenters. The summed E-state index contributed by atoms with van der Waals surface area (Å²) in [6, 6.07) is 10.7. The molecule has 3 heterocycles. The number of anilines is 2. The van der Waals surface area contributed by atoms with Crippen LogP contribution in [0.2, 0.25) is 0 Å². The molecule has 7 nitrogen and oxygen atoms in total. The number of nitrogens with zero attached hydrogens (tertiary/aromatic N) is 3. The molecule has 2 N–H and O–H groups in total. The van der Waals surface area contributed by atoms with Crippen molar-refractivity contribution in [3.63, 3.8) is 0 Å². The van der Waals surface area contributed by atoms with E-state index in [0.29, 0.717) is 35.1 Å². The fraction of sp³-hybridized carbons (Fsp3) is 0.150. The minimum Gasteiger partial charge on any atom is -0.449 e. The van der Waals surface area contributed by atoms with Gasteiger partial charge in [-0.3, -0.25) is 14.7 Å². The molecule has 0 unspecified atom stereocenters. The monoisotopic (exact) mass is 362 g/mol. The minimum absolute atomic E-state index is 0.192. The molecule has 1 aliphatic rings. The molecule has 0 radical (unpaired) electrons. The van der Waals surface area contributed by atoms with Crippen LogP contribution in [0.4, 0.5) is 11.4 Å². The molecule has 0 saturated heterocycles. The SMILES string of the molecule is Cc1noc(C)c1CN1C(=O)/C(=C\c2ccccn2)Oc2ccc(N)cc21. The second-order valence-electron chi connectivity index (χ2n) is 6.29. The average Bonchev–Trinajstić information content (AvgIpc) is 2.98. The molecule has 0 fully saturated rings. The highest BCUT2D eigenvalue weighted by molar-refractivity contribution is 6.10. The van der Waals surface area contributed by atoms with Gasteiger partial charge < -0.3 is 15.0 Å². The zero-order chi connectivity index (χ0) is 19.0. The van der Waals surface area contributed by atoms with Crippen LogP contribution in [0, 0.1) is 13.8 Å². The highest BCUT2D eigenvalue weighted by Crippen LogP contribution is 2.38. The quantitative estimate of drug-likeness (QED) is 0.568. The third-order valence-corrected chi connectivity index (χ3v) is 4.41. The number of carbonyl (C=O) groups is 1. The van der Waals surface area contributed by atoms with Gasteiger partial charge in [-0.2, -0.15) is 0 Å². The standard InChI is InChI=1S/C20H18N4O3/c1-12-16(13(2)27-23-12)11-24-17-9-14(21)6-7-18(17)26-19(20(24)25)10-15-5-3-4-8-22-15/h3-10H,11,21H2,1-2H3/b19-10+. The molecule has 27 heavy (non-hydrogen) atoms. The van der Waals surface area contributed by atoms with E-state index in [-0.39, 0.29) is 11.7 Å². The first kappa shape index (κ1) is 16.8. The molecular weight excluding hydrogens is 344 g/mol. The number of aromatic nitrogens is 2. The molecule has 1 amide bonds. The Morgan fingerprint density at radius 1 is 1.22 bits per heavy atom. The summed E-state index contributed by atoms with van der Waals surface area (Å²) in [5.74, 6) is 1.14. The zero-order valence-electron chi connectivity index (χ0n) is 15.0. The number of rotatable bonds is 3. The number of ether oxygens (including phenoxy) is 1. The summed E-state index contributed by atoms with van der Waals surface area (Å²) in [6.07, 6.45) is 3.29. The first-order chi connectivity index (χ1) is 13.0. The Morgan fingerprint density at radius 2 is 2.07 bits per heavy atom. The predicted molar refractivity (Wildman–Crippen MR) is 101 cm³/mol. The lowest BCUT2D eigenvalue weighted by Gasteiger charge is -2.30. The largest absolute Gasteiger partial charge is 0.449 e. The number of fused-ring (bicyclic) bond motifs is 1. The number of carbonyl (C=O) groups excluding carboxylic acids is 1. The van der Waals surface area contributed by atoms with E-state index >= 15 is 0 Å². The Morgan fingerprint density at radius 3 is 2.78 bits per heavy atom. The third kappa shape index (κ3) is 3.15. The van der Waals surface area contributed by atoms with Gasteiger partial charge in [-0.1, -0.05) is 11.2 Å². The van der Waals surface area contributed by atoms with Crippen molar-refractivity contribution in [1.29, 1.82) is 0 Å². The number of nitrogen functional groups attached to an aromatic ring is 1. The maximum Gasteiger partial charge on any atom is 0.294 e. The molecular formula is C20H18N4O3. The van der Waals surface area contributed by atoms with Gasteiger partial charge in [0.2, 0.25) is 0 Å². The third-order valence-electron chi connectivity index (χ3n) is 4.41. The summed E-state index contributed by atoms with van der Waals surface area (Å²) < 4.78 is 11.1. The molecule has 0 spiro atoms. The van der Waals surface area contributed by atoms with Gasteiger partial charge in [-0.25, -0.2) is 0 Å². The van der Waals surface area contributed by atoms with E-state index in [4.69, 9.17) is 15.0 Å². The second kappa shape index (κ2) is 6.60. The van der Waals surface area contributed by atoms with Crippen molar-refractivity contribution in [1.82, 2.24) is 10.1 Å². The summed E-state index contributed by atoms with van der Waals surface area (Å²) in [6.45, 7) is 3.98. The number of nitrogens with two attached hydrogens (primary N) is 1. The summed E-state index contributed by atoms with van der Waals surface area (Å²) in [7, 11) is 0. The van der Waals surface area contributed by atoms with Crippen molar-refractivity contribution in [2.75, 3.05) is 10.6 Å². The van der Waals surface area contributed by atoms with Gasteiger partial charge in [0.1, 0.15) is 5.76 Å². The predicted octanol–water partition coefficient (Wildman–Crippen LogP) is 3.24.